The molecular weight excluding hydrogens is 819 g/mol. The smallest absolute Gasteiger partial charge is 0.465 e. The molecule has 5 atom stereocenters. The highest BCUT2D eigenvalue weighted by Crippen LogP contribution is 2.40. The fourth-order valence-electron chi connectivity index (χ4n) is 7.72. The summed E-state index contributed by atoms with van der Waals surface area (Å²) in [5.74, 6) is -4.64. The predicted molar refractivity (Wildman–Crippen MR) is 215 cm³/mol. The molecule has 2 aromatic rings. The number of benzene rings is 2. The summed E-state index contributed by atoms with van der Waals surface area (Å²) in [5.41, 5.74) is 6.92. The van der Waals surface area contributed by atoms with Crippen molar-refractivity contribution >= 4 is 34.7 Å². The van der Waals surface area contributed by atoms with E-state index in [0.717, 1.165) is 20.9 Å². The van der Waals surface area contributed by atoms with Crippen molar-refractivity contribution in [3.63, 3.8) is 0 Å². The Morgan fingerprint density at radius 2 is 1.08 bits per heavy atom. The highest BCUT2D eigenvalue weighted by atomic mass is 32.2. The molecular formula is C42H58F6N4O7S. The average Bonchev–Trinajstić information content (AvgIpc) is 3.65. The highest BCUT2D eigenvalue weighted by Gasteiger charge is 2.52. The Morgan fingerprint density at radius 3 is 1.43 bits per heavy atom. The van der Waals surface area contributed by atoms with Crippen LogP contribution in [-0.4, -0.2) is 93.2 Å². The molecule has 11 nitrogen and oxygen atoms in total. The molecule has 3 N–H and O–H groups in total. The van der Waals surface area contributed by atoms with E-state index in [9.17, 15) is 49.7 Å². The lowest BCUT2D eigenvalue weighted by molar-refractivity contribution is -0.188. The fourth-order valence-corrected chi connectivity index (χ4v) is 8.58. The molecule has 0 aliphatic carbocycles. The molecule has 2 heterocycles. The Balaban J connectivity index is 0.000000327. The van der Waals surface area contributed by atoms with Crippen molar-refractivity contribution in [1.29, 1.82) is 0 Å². The van der Waals surface area contributed by atoms with Crippen LogP contribution in [0.25, 0.3) is 0 Å². The van der Waals surface area contributed by atoms with Gasteiger partial charge in [-0.1, -0.05) is 24.3 Å². The number of hydrogen-bond acceptors (Lipinski definition) is 8. The lowest BCUT2D eigenvalue weighted by Crippen LogP contribution is -2.48. The SMILES string of the molecule is COC(=O)c1ccc(C(CC[C@@H]2CN(C(=O)C(F)(F)F)C(C)(C)C2)NS(=O)C(C)(C)C)cc1.COC(=O)c1ccc(C(N)CC[C@@H]2CN(C(=O)C(F)(F)F)C(C)(C)C2)cc1. The second kappa shape index (κ2) is 19.8. The summed E-state index contributed by atoms with van der Waals surface area (Å²) >= 11 is 0. The second-order valence-corrected chi connectivity index (χ2v) is 19.6. The van der Waals surface area contributed by atoms with Crippen molar-refractivity contribution in [3.8, 4) is 0 Å². The monoisotopic (exact) mass is 876 g/mol. The van der Waals surface area contributed by atoms with E-state index in [4.69, 9.17) is 10.5 Å². The summed E-state index contributed by atoms with van der Waals surface area (Å²) in [5, 5.41) is 0. The van der Waals surface area contributed by atoms with Crippen molar-refractivity contribution in [3.05, 3.63) is 70.8 Å². The number of nitrogens with two attached hydrogens (primary N) is 1. The highest BCUT2D eigenvalue weighted by molar-refractivity contribution is 7.84. The van der Waals surface area contributed by atoms with Gasteiger partial charge in [-0.3, -0.25) is 9.59 Å². The van der Waals surface area contributed by atoms with Crippen LogP contribution in [0.1, 0.15) is 131 Å². The summed E-state index contributed by atoms with van der Waals surface area (Å²) in [6.07, 6.45) is -6.56. The largest absolute Gasteiger partial charge is 0.471 e. The van der Waals surface area contributed by atoms with Gasteiger partial charge in [0, 0.05) is 36.3 Å². The Hall–Kier alpha value is -4.03. The number of likely N-dealkylation sites (tertiary alicyclic amines) is 2. The maximum Gasteiger partial charge on any atom is 0.471 e. The van der Waals surface area contributed by atoms with E-state index in [2.05, 4.69) is 9.46 Å². The first-order chi connectivity index (χ1) is 27.5. The Morgan fingerprint density at radius 1 is 0.717 bits per heavy atom. The van der Waals surface area contributed by atoms with Crippen LogP contribution in [0.3, 0.4) is 0 Å². The predicted octanol–water partition coefficient (Wildman–Crippen LogP) is 7.98. The molecule has 60 heavy (non-hydrogen) atoms. The maximum absolute atomic E-state index is 13.0. The Kier molecular flexibility index (Phi) is 16.6. The van der Waals surface area contributed by atoms with E-state index in [1.165, 1.54) is 14.2 Å². The molecule has 4 rings (SSSR count). The van der Waals surface area contributed by atoms with Crippen LogP contribution in [0, 0.1) is 11.8 Å². The van der Waals surface area contributed by atoms with Crippen molar-refractivity contribution < 1.29 is 59.2 Å². The molecule has 2 aliphatic heterocycles. The van der Waals surface area contributed by atoms with Crippen LogP contribution in [-0.2, 0) is 30.0 Å². The zero-order valence-corrected chi connectivity index (χ0v) is 36.4. The topological polar surface area (TPSA) is 148 Å². The van der Waals surface area contributed by atoms with Gasteiger partial charge in [0.2, 0.25) is 0 Å². The van der Waals surface area contributed by atoms with E-state index >= 15 is 0 Å². The van der Waals surface area contributed by atoms with Gasteiger partial charge in [-0.15, -0.1) is 0 Å². The third-order valence-electron chi connectivity index (χ3n) is 10.9. The minimum atomic E-state index is -4.90. The molecule has 2 amide bonds. The minimum absolute atomic E-state index is 0.0295. The first-order valence-corrected chi connectivity index (χ1v) is 20.7. The maximum atomic E-state index is 13.0. The van der Waals surface area contributed by atoms with Gasteiger partial charge in [-0.25, -0.2) is 18.5 Å². The van der Waals surface area contributed by atoms with Gasteiger partial charge in [0.25, 0.3) is 0 Å². The number of halogens is 6. The van der Waals surface area contributed by atoms with Gasteiger partial charge in [0.15, 0.2) is 0 Å². The van der Waals surface area contributed by atoms with Crippen LogP contribution in [0.5, 0.6) is 0 Å². The summed E-state index contributed by atoms with van der Waals surface area (Å²) in [6, 6.07) is 12.9. The molecule has 2 aliphatic rings. The average molecular weight is 877 g/mol. The van der Waals surface area contributed by atoms with Gasteiger partial charge in [0.05, 0.1) is 41.1 Å². The van der Waals surface area contributed by atoms with Crippen molar-refractivity contribution in [2.75, 3.05) is 27.3 Å². The zero-order valence-electron chi connectivity index (χ0n) is 35.6. The van der Waals surface area contributed by atoms with E-state index in [1.54, 1.807) is 76.2 Å². The van der Waals surface area contributed by atoms with Gasteiger partial charge in [0.1, 0.15) is 0 Å². The minimum Gasteiger partial charge on any atom is -0.465 e. The van der Waals surface area contributed by atoms with Crippen molar-refractivity contribution in [2.45, 2.75) is 127 Å². The summed E-state index contributed by atoms with van der Waals surface area (Å²) in [6.45, 7) is 12.2. The zero-order chi connectivity index (χ0) is 45.6. The number of hydrogen-bond donors (Lipinski definition) is 2. The third-order valence-corrected chi connectivity index (χ3v) is 12.6. The number of nitrogens with zero attached hydrogens (tertiary/aromatic N) is 2. The van der Waals surface area contributed by atoms with Crippen molar-refractivity contribution in [2.24, 2.45) is 17.6 Å². The van der Waals surface area contributed by atoms with E-state index in [0.29, 0.717) is 49.7 Å². The molecule has 336 valence electrons. The molecule has 0 radical (unpaired) electrons. The quantitative estimate of drug-likeness (QED) is 0.161. The lowest BCUT2D eigenvalue weighted by Gasteiger charge is -2.31. The molecule has 3 unspecified atom stereocenters. The number of carbonyl (C=O) groups excluding carboxylic acids is 4. The molecule has 0 bridgehead atoms. The van der Waals surface area contributed by atoms with E-state index < -0.39 is 62.9 Å². The van der Waals surface area contributed by atoms with Gasteiger partial charge in [-0.2, -0.15) is 26.3 Å². The third kappa shape index (κ3) is 13.5. The number of esters is 2. The van der Waals surface area contributed by atoms with Crippen LogP contribution in [0.2, 0.25) is 0 Å². The number of nitrogens with one attached hydrogen (secondary N) is 1. The van der Waals surface area contributed by atoms with Crippen LogP contribution < -0.4 is 10.5 Å². The van der Waals surface area contributed by atoms with E-state index in [1.807, 2.05) is 20.8 Å². The van der Waals surface area contributed by atoms with Crippen LogP contribution >= 0.6 is 0 Å². The van der Waals surface area contributed by atoms with Crippen LogP contribution in [0.4, 0.5) is 26.3 Å². The second-order valence-electron chi connectivity index (χ2n) is 17.6. The molecule has 2 saturated heterocycles. The Labute approximate surface area is 350 Å². The Bertz CT molecular complexity index is 1830. The summed E-state index contributed by atoms with van der Waals surface area (Å²) in [7, 11) is 1.22. The molecule has 0 spiro atoms. The number of carbonyl (C=O) groups is 4. The number of rotatable bonds is 12. The normalized spacial score (nSPS) is 20.4. The number of methoxy groups -OCH3 is 2. The number of alkyl halides is 6. The number of amides is 2. The molecule has 0 saturated carbocycles. The molecule has 0 aromatic heterocycles. The van der Waals surface area contributed by atoms with Crippen molar-refractivity contribution in [1.82, 2.24) is 14.5 Å². The first-order valence-electron chi connectivity index (χ1n) is 19.6. The van der Waals surface area contributed by atoms with Gasteiger partial charge < -0.3 is 25.0 Å². The summed E-state index contributed by atoms with van der Waals surface area (Å²) in [4.78, 5) is 48.5. The molecule has 18 heteroatoms. The fraction of sp³-hybridized carbons (Fsp3) is 0.619. The number of ether oxygens (including phenoxy) is 2. The lowest BCUT2D eigenvalue weighted by atomic mass is 9.90. The first kappa shape index (κ1) is 50.3. The van der Waals surface area contributed by atoms with Gasteiger partial charge >= 0.3 is 36.1 Å². The molecule has 2 aromatic carbocycles. The molecule has 2 fully saturated rings. The summed E-state index contributed by atoms with van der Waals surface area (Å²) < 4.78 is 102. The van der Waals surface area contributed by atoms with Gasteiger partial charge in [-0.05, 0) is 134 Å². The van der Waals surface area contributed by atoms with Crippen LogP contribution in [0.15, 0.2) is 48.5 Å². The van der Waals surface area contributed by atoms with E-state index in [-0.39, 0.29) is 37.0 Å². The standard InChI is InChI=1S/C23H33F3N2O4S.C19H25F3N2O3/c1-21(2,3)33(31)27-18(16-8-10-17(11-9-16)19(29)32-6)12-7-15-13-22(4,5)28(14-15)20(30)23(24,25)26;1-18(2)10-12(11-24(18)17(26)19(20,21)22)4-9-15(23)13-5-7-14(8-6-13)16(25)27-3/h8-11,15,18,27H,7,12-14H2,1-6H3;5-8,12,15H,4,9-11,23H2,1-3H3/t15-,18?,33?;12-,15?/m00/s1.